The minimum Gasteiger partial charge on any atom is -0.330 e. The molecule has 6 heteroatoms. The fourth-order valence-corrected chi connectivity index (χ4v) is 3.54. The summed E-state index contributed by atoms with van der Waals surface area (Å²) in [6.07, 6.45) is 8.66. The highest BCUT2D eigenvalue weighted by Crippen LogP contribution is 2.29. The normalized spacial score (nSPS) is 25.8. The molecule has 1 heterocycles. The van der Waals surface area contributed by atoms with Crippen LogP contribution in [0.5, 0.6) is 0 Å². The number of hydrogen-bond donors (Lipinski definition) is 2. The number of amides is 3. The van der Waals surface area contributed by atoms with E-state index in [1.807, 2.05) is 0 Å². The molecule has 0 radical (unpaired) electrons. The molecule has 22 heavy (non-hydrogen) atoms. The maximum atomic E-state index is 12.6. The summed E-state index contributed by atoms with van der Waals surface area (Å²) in [5.74, 6) is -0.0925. The molecule has 2 saturated carbocycles. The summed E-state index contributed by atoms with van der Waals surface area (Å²) in [5, 5.41) is 0. The number of nitrogens with one attached hydrogen (secondary N) is 2. The van der Waals surface area contributed by atoms with E-state index in [0.717, 1.165) is 44.9 Å². The Morgan fingerprint density at radius 3 is 2.09 bits per heavy atom. The summed E-state index contributed by atoms with van der Waals surface area (Å²) in [5.41, 5.74) is 4.98. The van der Waals surface area contributed by atoms with Gasteiger partial charge in [0.05, 0.1) is 0 Å². The Kier molecular flexibility index (Phi) is 4.64. The predicted molar refractivity (Wildman–Crippen MR) is 80.3 cm³/mol. The van der Waals surface area contributed by atoms with Crippen molar-refractivity contribution in [3.05, 3.63) is 0 Å². The number of carbonyl (C=O) groups is 3. The lowest BCUT2D eigenvalue weighted by molar-refractivity contribution is -0.143. The number of hydrogen-bond acceptors (Lipinski definition) is 3. The maximum Gasteiger partial charge on any atom is 0.261 e. The van der Waals surface area contributed by atoms with Gasteiger partial charge in [-0.25, -0.2) is 0 Å². The number of likely N-dealkylation sites (tertiary alicyclic amines) is 1. The quantitative estimate of drug-likeness (QED) is 0.767. The summed E-state index contributed by atoms with van der Waals surface area (Å²) < 4.78 is 0. The standard InChI is InChI=1S/C16H25N3O3/c20-14(11-8-9-11)17-18-15(21)13-7-4-10-19(13)16(22)12-5-2-1-3-6-12/h11-13H,1-10H2,(H,17,20)(H,18,21). The number of hydrazine groups is 1. The van der Waals surface area contributed by atoms with Gasteiger partial charge in [-0.1, -0.05) is 19.3 Å². The minimum atomic E-state index is -0.422. The van der Waals surface area contributed by atoms with E-state index >= 15 is 0 Å². The topological polar surface area (TPSA) is 78.5 Å². The van der Waals surface area contributed by atoms with Gasteiger partial charge in [0.25, 0.3) is 5.91 Å². The molecule has 3 amide bonds. The summed E-state index contributed by atoms with van der Waals surface area (Å²) in [6.45, 7) is 0.657. The Balaban J connectivity index is 1.53. The van der Waals surface area contributed by atoms with E-state index in [1.54, 1.807) is 4.90 Å². The van der Waals surface area contributed by atoms with Crippen molar-refractivity contribution in [2.45, 2.75) is 63.8 Å². The van der Waals surface area contributed by atoms with Crippen LogP contribution in [0.4, 0.5) is 0 Å². The molecule has 3 fully saturated rings. The molecule has 1 atom stereocenters. The van der Waals surface area contributed by atoms with Gasteiger partial charge in [0, 0.05) is 18.4 Å². The highest BCUT2D eigenvalue weighted by Gasteiger charge is 2.38. The zero-order chi connectivity index (χ0) is 15.5. The molecular weight excluding hydrogens is 282 g/mol. The van der Waals surface area contributed by atoms with Gasteiger partial charge in [0.15, 0.2) is 0 Å². The first-order chi connectivity index (χ1) is 10.7. The Morgan fingerprint density at radius 1 is 0.727 bits per heavy atom. The first kappa shape index (κ1) is 15.3. The summed E-state index contributed by atoms with van der Waals surface area (Å²) in [6, 6.07) is -0.422. The van der Waals surface area contributed by atoms with E-state index in [-0.39, 0.29) is 29.6 Å². The van der Waals surface area contributed by atoms with Crippen LogP contribution in [0.3, 0.4) is 0 Å². The molecule has 2 aliphatic carbocycles. The van der Waals surface area contributed by atoms with Crippen LogP contribution in [-0.2, 0) is 14.4 Å². The molecular formula is C16H25N3O3. The SMILES string of the molecule is O=C(NNC(=O)C1CCCN1C(=O)C1CCCCC1)C1CC1. The highest BCUT2D eigenvalue weighted by atomic mass is 16.2. The predicted octanol–water partition coefficient (Wildman–Crippen LogP) is 1.12. The van der Waals surface area contributed by atoms with Crippen LogP contribution in [0, 0.1) is 11.8 Å². The Hall–Kier alpha value is -1.59. The molecule has 122 valence electrons. The largest absolute Gasteiger partial charge is 0.330 e. The van der Waals surface area contributed by atoms with Crippen molar-refractivity contribution in [3.63, 3.8) is 0 Å². The van der Waals surface area contributed by atoms with Gasteiger partial charge in [0.2, 0.25) is 11.8 Å². The monoisotopic (exact) mass is 307 g/mol. The lowest BCUT2D eigenvalue weighted by Crippen LogP contribution is -2.52. The van der Waals surface area contributed by atoms with Crippen LogP contribution in [0.2, 0.25) is 0 Å². The van der Waals surface area contributed by atoms with Crippen LogP contribution in [-0.4, -0.2) is 35.2 Å². The molecule has 1 aliphatic heterocycles. The molecule has 0 aromatic rings. The molecule has 3 rings (SSSR count). The molecule has 0 aromatic carbocycles. The lowest BCUT2D eigenvalue weighted by Gasteiger charge is -2.30. The van der Waals surface area contributed by atoms with Crippen molar-refractivity contribution in [1.29, 1.82) is 0 Å². The molecule has 2 N–H and O–H groups in total. The number of rotatable bonds is 3. The van der Waals surface area contributed by atoms with Gasteiger partial charge in [-0.05, 0) is 38.5 Å². The Bertz CT molecular complexity index is 456. The Morgan fingerprint density at radius 2 is 1.41 bits per heavy atom. The first-order valence-electron chi connectivity index (χ1n) is 8.57. The van der Waals surface area contributed by atoms with E-state index in [4.69, 9.17) is 0 Å². The van der Waals surface area contributed by atoms with E-state index in [0.29, 0.717) is 13.0 Å². The number of carbonyl (C=O) groups excluding carboxylic acids is 3. The van der Waals surface area contributed by atoms with Crippen molar-refractivity contribution in [2.75, 3.05) is 6.54 Å². The second-order valence-electron chi connectivity index (χ2n) is 6.78. The van der Waals surface area contributed by atoms with E-state index in [9.17, 15) is 14.4 Å². The van der Waals surface area contributed by atoms with Crippen molar-refractivity contribution >= 4 is 17.7 Å². The third-order valence-electron chi connectivity index (χ3n) is 5.05. The van der Waals surface area contributed by atoms with Crippen molar-refractivity contribution in [1.82, 2.24) is 15.8 Å². The fourth-order valence-electron chi connectivity index (χ4n) is 3.54. The Labute approximate surface area is 131 Å². The van der Waals surface area contributed by atoms with Gasteiger partial charge >= 0.3 is 0 Å². The zero-order valence-electron chi connectivity index (χ0n) is 13.0. The zero-order valence-corrected chi connectivity index (χ0v) is 13.0. The van der Waals surface area contributed by atoms with Gasteiger partial charge in [0.1, 0.15) is 6.04 Å². The van der Waals surface area contributed by atoms with Gasteiger partial charge < -0.3 is 4.90 Å². The van der Waals surface area contributed by atoms with E-state index in [1.165, 1.54) is 6.42 Å². The smallest absolute Gasteiger partial charge is 0.261 e. The molecule has 0 bridgehead atoms. The average Bonchev–Trinajstić information content (AvgIpc) is 3.29. The molecule has 1 saturated heterocycles. The van der Waals surface area contributed by atoms with Crippen LogP contribution in [0.1, 0.15) is 57.8 Å². The van der Waals surface area contributed by atoms with E-state index < -0.39 is 6.04 Å². The van der Waals surface area contributed by atoms with Crippen LogP contribution >= 0.6 is 0 Å². The third kappa shape index (κ3) is 3.42. The summed E-state index contributed by atoms with van der Waals surface area (Å²) >= 11 is 0. The first-order valence-corrected chi connectivity index (χ1v) is 8.57. The van der Waals surface area contributed by atoms with Crippen molar-refractivity contribution < 1.29 is 14.4 Å². The maximum absolute atomic E-state index is 12.6. The molecule has 1 unspecified atom stereocenters. The van der Waals surface area contributed by atoms with Gasteiger partial charge in [-0.15, -0.1) is 0 Å². The van der Waals surface area contributed by atoms with E-state index in [2.05, 4.69) is 10.9 Å². The molecule has 0 aromatic heterocycles. The average molecular weight is 307 g/mol. The fraction of sp³-hybridized carbons (Fsp3) is 0.812. The van der Waals surface area contributed by atoms with Crippen LogP contribution in [0.15, 0.2) is 0 Å². The number of nitrogens with zero attached hydrogens (tertiary/aromatic N) is 1. The van der Waals surface area contributed by atoms with Gasteiger partial charge in [-0.2, -0.15) is 0 Å². The lowest BCUT2D eigenvalue weighted by atomic mass is 9.88. The van der Waals surface area contributed by atoms with Crippen molar-refractivity contribution in [3.8, 4) is 0 Å². The summed E-state index contributed by atoms with van der Waals surface area (Å²) in [4.78, 5) is 38.2. The van der Waals surface area contributed by atoms with Crippen molar-refractivity contribution in [2.24, 2.45) is 11.8 Å². The third-order valence-corrected chi connectivity index (χ3v) is 5.05. The second kappa shape index (κ2) is 6.67. The summed E-state index contributed by atoms with van der Waals surface area (Å²) in [7, 11) is 0. The molecule has 6 nitrogen and oxygen atoms in total. The van der Waals surface area contributed by atoms with Crippen LogP contribution in [0.25, 0.3) is 0 Å². The molecule has 3 aliphatic rings. The van der Waals surface area contributed by atoms with Crippen LogP contribution < -0.4 is 10.9 Å². The minimum absolute atomic E-state index is 0.0591. The highest BCUT2D eigenvalue weighted by molar-refractivity contribution is 5.91. The van der Waals surface area contributed by atoms with Gasteiger partial charge in [-0.3, -0.25) is 25.2 Å². The second-order valence-corrected chi connectivity index (χ2v) is 6.78. The molecule has 0 spiro atoms.